The Kier molecular flexibility index (Phi) is 4.01. The highest BCUT2D eigenvalue weighted by atomic mass is 16.1. The van der Waals surface area contributed by atoms with Crippen LogP contribution in [-0.2, 0) is 4.79 Å². The highest BCUT2D eigenvalue weighted by Gasteiger charge is 2.28. The van der Waals surface area contributed by atoms with E-state index in [0.29, 0.717) is 11.7 Å². The van der Waals surface area contributed by atoms with E-state index in [-0.39, 0.29) is 0 Å². The molecule has 1 aliphatic carbocycles. The molecular weight excluding hydrogens is 198 g/mol. The quantitative estimate of drug-likeness (QED) is 0.730. The third kappa shape index (κ3) is 2.85. The zero-order chi connectivity index (χ0) is 11.5. The lowest BCUT2D eigenvalue weighted by molar-refractivity contribution is -0.120. The monoisotopic (exact) mass is 223 g/mol. The van der Waals surface area contributed by atoms with Crippen LogP contribution in [0.4, 0.5) is 0 Å². The van der Waals surface area contributed by atoms with E-state index in [1.165, 1.54) is 19.5 Å². The normalized spacial score (nSPS) is 31.8. The fourth-order valence-electron chi connectivity index (χ4n) is 3.14. The van der Waals surface area contributed by atoms with E-state index >= 15 is 0 Å². The number of hydrogen-bond acceptors (Lipinski definition) is 2. The van der Waals surface area contributed by atoms with Gasteiger partial charge in [0.15, 0.2) is 0 Å². The van der Waals surface area contributed by atoms with Gasteiger partial charge in [-0.1, -0.05) is 13.8 Å². The average molecular weight is 223 g/mol. The van der Waals surface area contributed by atoms with E-state index in [1.54, 1.807) is 0 Å². The third-order valence-corrected chi connectivity index (χ3v) is 4.48. The minimum Gasteiger partial charge on any atom is -0.303 e. The molecule has 2 aliphatic rings. The summed E-state index contributed by atoms with van der Waals surface area (Å²) in [5, 5.41) is 0. The summed E-state index contributed by atoms with van der Waals surface area (Å²) < 4.78 is 0. The summed E-state index contributed by atoms with van der Waals surface area (Å²) in [6.45, 7) is 8.32. The maximum absolute atomic E-state index is 11.5. The Balaban J connectivity index is 1.69. The summed E-state index contributed by atoms with van der Waals surface area (Å²) in [7, 11) is 0. The number of carbonyl (C=O) groups excluding carboxylic acids is 1. The second kappa shape index (κ2) is 5.31. The van der Waals surface area contributed by atoms with Crippen LogP contribution < -0.4 is 0 Å². The first-order valence-electron chi connectivity index (χ1n) is 6.92. The van der Waals surface area contributed by atoms with Crippen molar-refractivity contribution in [1.82, 2.24) is 4.90 Å². The van der Waals surface area contributed by atoms with Crippen molar-refractivity contribution >= 4 is 5.78 Å². The van der Waals surface area contributed by atoms with E-state index in [9.17, 15) is 4.79 Å². The summed E-state index contributed by atoms with van der Waals surface area (Å²) in [6.07, 6.45) is 5.61. The average Bonchev–Trinajstić information content (AvgIpc) is 2.83. The van der Waals surface area contributed by atoms with E-state index in [2.05, 4.69) is 18.7 Å². The number of ketones is 1. The smallest absolute Gasteiger partial charge is 0.136 e. The van der Waals surface area contributed by atoms with Crippen LogP contribution in [0.15, 0.2) is 0 Å². The van der Waals surface area contributed by atoms with Gasteiger partial charge in [-0.25, -0.2) is 0 Å². The number of Topliss-reactive ketones (excluding diaryl/α,β-unsaturated/α-hetero) is 1. The molecule has 2 nitrogen and oxygen atoms in total. The minimum atomic E-state index is 0.401. The summed E-state index contributed by atoms with van der Waals surface area (Å²) in [5.74, 6) is 2.63. The number of carbonyl (C=O) groups is 1. The standard InChI is InChI=1S/C14H25NO/c1-11(2)13-7-9-15(10-13)8-6-12-4-3-5-14(12)16/h11-13H,3-10H2,1-2H3. The van der Waals surface area contributed by atoms with Gasteiger partial charge in [0.05, 0.1) is 0 Å². The molecule has 2 atom stereocenters. The Bertz CT molecular complexity index is 249. The number of hydrogen-bond donors (Lipinski definition) is 0. The first-order valence-corrected chi connectivity index (χ1v) is 6.92. The molecule has 92 valence electrons. The van der Waals surface area contributed by atoms with Gasteiger partial charge >= 0.3 is 0 Å². The molecule has 1 saturated carbocycles. The van der Waals surface area contributed by atoms with Crippen molar-refractivity contribution in [3.63, 3.8) is 0 Å². The maximum atomic E-state index is 11.5. The number of rotatable bonds is 4. The largest absolute Gasteiger partial charge is 0.303 e. The fourth-order valence-corrected chi connectivity index (χ4v) is 3.14. The molecule has 2 fully saturated rings. The van der Waals surface area contributed by atoms with Gasteiger partial charge in [-0.2, -0.15) is 0 Å². The van der Waals surface area contributed by atoms with Gasteiger partial charge in [0.2, 0.25) is 0 Å². The molecule has 1 saturated heterocycles. The molecule has 0 aromatic carbocycles. The lowest BCUT2D eigenvalue weighted by Gasteiger charge is -2.19. The zero-order valence-electron chi connectivity index (χ0n) is 10.7. The lowest BCUT2D eigenvalue weighted by Crippen LogP contribution is -2.25. The molecule has 0 N–H and O–H groups in total. The van der Waals surface area contributed by atoms with Crippen LogP contribution in [0.25, 0.3) is 0 Å². The summed E-state index contributed by atoms with van der Waals surface area (Å²) >= 11 is 0. The molecule has 0 bridgehead atoms. The summed E-state index contributed by atoms with van der Waals surface area (Å²) in [5.41, 5.74) is 0. The fraction of sp³-hybridized carbons (Fsp3) is 0.929. The second-order valence-corrected chi connectivity index (χ2v) is 5.94. The van der Waals surface area contributed by atoms with Crippen molar-refractivity contribution in [3.05, 3.63) is 0 Å². The van der Waals surface area contributed by atoms with E-state index in [1.807, 2.05) is 0 Å². The Hall–Kier alpha value is -0.370. The predicted octanol–water partition coefficient (Wildman–Crippen LogP) is 2.72. The first kappa shape index (κ1) is 12.1. The summed E-state index contributed by atoms with van der Waals surface area (Å²) in [4.78, 5) is 14.1. The Labute approximate surface area is 99.4 Å². The van der Waals surface area contributed by atoms with Crippen LogP contribution in [0.3, 0.4) is 0 Å². The van der Waals surface area contributed by atoms with Gasteiger partial charge in [0.25, 0.3) is 0 Å². The molecule has 0 radical (unpaired) electrons. The van der Waals surface area contributed by atoms with Crippen molar-refractivity contribution in [3.8, 4) is 0 Å². The molecule has 16 heavy (non-hydrogen) atoms. The van der Waals surface area contributed by atoms with E-state index in [0.717, 1.165) is 44.1 Å². The Morgan fingerprint density at radius 2 is 2.19 bits per heavy atom. The molecule has 1 aliphatic heterocycles. The predicted molar refractivity (Wildman–Crippen MR) is 66.4 cm³/mol. The third-order valence-electron chi connectivity index (χ3n) is 4.48. The number of nitrogens with zero attached hydrogens (tertiary/aromatic N) is 1. The molecule has 1 heterocycles. The Morgan fingerprint density at radius 1 is 1.38 bits per heavy atom. The SMILES string of the molecule is CC(C)C1CCN(CCC2CCCC2=O)C1. The molecule has 2 unspecified atom stereocenters. The van der Waals surface area contributed by atoms with E-state index in [4.69, 9.17) is 0 Å². The lowest BCUT2D eigenvalue weighted by atomic mass is 9.95. The van der Waals surface area contributed by atoms with Crippen LogP contribution in [0.5, 0.6) is 0 Å². The highest BCUT2D eigenvalue weighted by molar-refractivity contribution is 5.82. The molecular formula is C14H25NO. The van der Waals surface area contributed by atoms with Crippen molar-refractivity contribution in [2.24, 2.45) is 17.8 Å². The first-order chi connectivity index (χ1) is 7.66. The van der Waals surface area contributed by atoms with Gasteiger partial charge in [0.1, 0.15) is 5.78 Å². The van der Waals surface area contributed by atoms with E-state index < -0.39 is 0 Å². The maximum Gasteiger partial charge on any atom is 0.136 e. The molecule has 0 aromatic rings. The van der Waals surface area contributed by atoms with Gasteiger partial charge in [-0.05, 0) is 50.6 Å². The molecule has 2 rings (SSSR count). The molecule has 2 heteroatoms. The van der Waals surface area contributed by atoms with Gasteiger partial charge in [0, 0.05) is 18.9 Å². The Morgan fingerprint density at radius 3 is 2.75 bits per heavy atom. The van der Waals surface area contributed by atoms with Crippen molar-refractivity contribution in [2.75, 3.05) is 19.6 Å². The second-order valence-electron chi connectivity index (χ2n) is 5.94. The summed E-state index contributed by atoms with van der Waals surface area (Å²) in [6, 6.07) is 0. The van der Waals surface area contributed by atoms with Crippen molar-refractivity contribution < 1.29 is 4.79 Å². The topological polar surface area (TPSA) is 20.3 Å². The molecule has 0 aromatic heterocycles. The van der Waals surface area contributed by atoms with Crippen molar-refractivity contribution in [1.29, 1.82) is 0 Å². The molecule has 0 spiro atoms. The van der Waals surface area contributed by atoms with Crippen molar-refractivity contribution in [2.45, 2.75) is 46.0 Å². The van der Waals surface area contributed by atoms with Gasteiger partial charge in [-0.15, -0.1) is 0 Å². The van der Waals surface area contributed by atoms with Crippen LogP contribution in [0.1, 0.15) is 46.0 Å². The van der Waals surface area contributed by atoms with Gasteiger partial charge in [-0.3, -0.25) is 4.79 Å². The van der Waals surface area contributed by atoms with Crippen LogP contribution >= 0.6 is 0 Å². The number of likely N-dealkylation sites (tertiary alicyclic amines) is 1. The molecule has 0 amide bonds. The van der Waals surface area contributed by atoms with Crippen LogP contribution in [0, 0.1) is 17.8 Å². The zero-order valence-corrected chi connectivity index (χ0v) is 10.7. The van der Waals surface area contributed by atoms with Gasteiger partial charge < -0.3 is 4.90 Å². The minimum absolute atomic E-state index is 0.401. The van der Waals surface area contributed by atoms with Crippen LogP contribution in [0.2, 0.25) is 0 Å². The highest BCUT2D eigenvalue weighted by Crippen LogP contribution is 2.27. The van der Waals surface area contributed by atoms with Crippen LogP contribution in [-0.4, -0.2) is 30.3 Å².